The number of hydrogen-bond acceptors (Lipinski definition) is 4. The lowest BCUT2D eigenvalue weighted by molar-refractivity contribution is -0.168. The molecule has 3 saturated carbocycles. The van der Waals surface area contributed by atoms with Crippen LogP contribution in [-0.4, -0.2) is 23.2 Å². The molecule has 0 spiro atoms. The van der Waals surface area contributed by atoms with E-state index in [1.54, 1.807) is 6.08 Å². The largest absolute Gasteiger partial charge is 0.504 e. The maximum atomic E-state index is 13.4. The summed E-state index contributed by atoms with van der Waals surface area (Å²) in [7, 11) is 0. The standard InChI is InChI=1S/C32H45NO3/c1-20-21-9-10-24-30(4,22(21)18-23(34)27(20)36)14-16-32(6)25-19-29(3,26(35)8-7-17-33)12-11-28(25,2)13-15-31(24,32)5/h9-10,18,25,36H,7-8,11-17,19,33H2,1-6H3. The molecule has 6 atom stereocenters. The van der Waals surface area contributed by atoms with E-state index in [2.05, 4.69) is 46.8 Å². The molecule has 5 aliphatic carbocycles. The summed E-state index contributed by atoms with van der Waals surface area (Å²) in [4.78, 5) is 26.1. The summed E-state index contributed by atoms with van der Waals surface area (Å²) in [6.07, 6.45) is 15.0. The number of carbonyl (C=O) groups is 2. The van der Waals surface area contributed by atoms with Gasteiger partial charge in [-0.05, 0) is 104 Å². The third-order valence-electron chi connectivity index (χ3n) is 12.2. The molecule has 4 nitrogen and oxygen atoms in total. The van der Waals surface area contributed by atoms with Crippen molar-refractivity contribution in [3.63, 3.8) is 0 Å². The van der Waals surface area contributed by atoms with Crippen LogP contribution in [0.1, 0.15) is 99.3 Å². The molecular formula is C32H45NO3. The lowest BCUT2D eigenvalue weighted by Crippen LogP contribution is -2.62. The molecule has 0 aliphatic heterocycles. The average molecular weight is 492 g/mol. The number of aliphatic hydroxyl groups excluding tert-OH is 1. The molecule has 0 saturated heterocycles. The van der Waals surface area contributed by atoms with E-state index in [1.807, 2.05) is 6.92 Å². The zero-order valence-electron chi connectivity index (χ0n) is 23.2. The summed E-state index contributed by atoms with van der Waals surface area (Å²) in [5, 5.41) is 10.3. The van der Waals surface area contributed by atoms with Crippen LogP contribution in [0.3, 0.4) is 0 Å². The van der Waals surface area contributed by atoms with Gasteiger partial charge >= 0.3 is 0 Å². The van der Waals surface area contributed by atoms with E-state index in [4.69, 9.17) is 5.73 Å². The second kappa shape index (κ2) is 8.03. The predicted octanol–water partition coefficient (Wildman–Crippen LogP) is 6.92. The van der Waals surface area contributed by atoms with Gasteiger partial charge in [0.25, 0.3) is 0 Å². The van der Waals surface area contributed by atoms with Crippen molar-refractivity contribution in [3.8, 4) is 0 Å². The number of rotatable bonds is 4. The molecule has 4 heteroatoms. The number of allylic oxidation sites excluding steroid dienone is 7. The minimum absolute atomic E-state index is 0.00817. The Morgan fingerprint density at radius 1 is 1.03 bits per heavy atom. The lowest BCUT2D eigenvalue weighted by Gasteiger charge is -2.70. The van der Waals surface area contributed by atoms with Crippen LogP contribution in [-0.2, 0) is 9.59 Å². The zero-order valence-corrected chi connectivity index (χ0v) is 23.2. The third-order valence-corrected chi connectivity index (χ3v) is 12.2. The van der Waals surface area contributed by atoms with Crippen LogP contribution in [0.25, 0.3) is 0 Å². The first kappa shape index (κ1) is 25.7. The van der Waals surface area contributed by atoms with Gasteiger partial charge in [0.2, 0.25) is 5.78 Å². The molecule has 6 unspecified atom stereocenters. The van der Waals surface area contributed by atoms with E-state index in [0.29, 0.717) is 30.2 Å². The van der Waals surface area contributed by atoms with E-state index in [9.17, 15) is 14.7 Å². The van der Waals surface area contributed by atoms with Crippen molar-refractivity contribution in [1.29, 1.82) is 0 Å². The maximum Gasteiger partial charge on any atom is 0.220 e. The number of carbonyl (C=O) groups excluding carboxylic acids is 2. The van der Waals surface area contributed by atoms with Gasteiger partial charge < -0.3 is 10.8 Å². The number of aliphatic hydroxyl groups is 1. The summed E-state index contributed by atoms with van der Waals surface area (Å²) < 4.78 is 0. The topological polar surface area (TPSA) is 80.4 Å². The molecule has 36 heavy (non-hydrogen) atoms. The van der Waals surface area contributed by atoms with Gasteiger partial charge in [-0.25, -0.2) is 0 Å². The Hall–Kier alpha value is -1.94. The van der Waals surface area contributed by atoms with E-state index in [-0.39, 0.29) is 38.6 Å². The van der Waals surface area contributed by atoms with Gasteiger partial charge in [-0.3, -0.25) is 9.59 Å². The van der Waals surface area contributed by atoms with Crippen molar-refractivity contribution in [3.05, 3.63) is 46.3 Å². The summed E-state index contributed by atoms with van der Waals surface area (Å²) in [5.74, 6) is 0.499. The Morgan fingerprint density at radius 2 is 1.72 bits per heavy atom. The number of fused-ring (bicyclic) bond motifs is 7. The van der Waals surface area contributed by atoms with Crippen LogP contribution < -0.4 is 5.73 Å². The van der Waals surface area contributed by atoms with Crippen molar-refractivity contribution in [1.82, 2.24) is 0 Å². The highest BCUT2D eigenvalue weighted by molar-refractivity contribution is 6.06. The van der Waals surface area contributed by atoms with E-state index in [1.165, 1.54) is 12.0 Å². The summed E-state index contributed by atoms with van der Waals surface area (Å²) in [6.45, 7) is 14.5. The van der Waals surface area contributed by atoms with E-state index in [0.717, 1.165) is 56.1 Å². The Labute approximate surface area is 217 Å². The second-order valence-corrected chi connectivity index (χ2v) is 13.9. The first-order valence-corrected chi connectivity index (χ1v) is 14.1. The molecule has 0 aromatic rings. The van der Waals surface area contributed by atoms with Gasteiger partial charge in [0.1, 0.15) is 5.78 Å². The fraction of sp³-hybridized carbons (Fsp3) is 0.688. The van der Waals surface area contributed by atoms with Gasteiger partial charge in [-0.1, -0.05) is 52.3 Å². The third kappa shape index (κ3) is 3.22. The Kier molecular flexibility index (Phi) is 5.73. The highest BCUT2D eigenvalue weighted by Crippen LogP contribution is 2.75. The normalized spacial score (nSPS) is 43.9. The average Bonchev–Trinajstić information content (AvgIpc) is 2.84. The SMILES string of the molecule is CC1=C(O)C(=O)C=C2C1=CC=C1C2(C)CCC2(C)C3CC(C)(C(=O)CCCN)CCC3(C)CCC12C. The molecule has 3 fully saturated rings. The van der Waals surface area contributed by atoms with Crippen molar-refractivity contribution in [2.45, 2.75) is 99.3 Å². The van der Waals surface area contributed by atoms with E-state index >= 15 is 0 Å². The maximum absolute atomic E-state index is 13.4. The highest BCUT2D eigenvalue weighted by Gasteiger charge is 2.67. The number of hydrogen-bond donors (Lipinski definition) is 2. The van der Waals surface area contributed by atoms with Crippen molar-refractivity contribution in [2.24, 2.45) is 38.7 Å². The minimum Gasteiger partial charge on any atom is -0.504 e. The van der Waals surface area contributed by atoms with Gasteiger partial charge in [0, 0.05) is 22.8 Å². The van der Waals surface area contributed by atoms with Crippen molar-refractivity contribution in [2.75, 3.05) is 6.54 Å². The van der Waals surface area contributed by atoms with Crippen LogP contribution in [0.4, 0.5) is 0 Å². The predicted molar refractivity (Wildman–Crippen MR) is 144 cm³/mol. The van der Waals surface area contributed by atoms with Crippen molar-refractivity contribution >= 4 is 11.6 Å². The van der Waals surface area contributed by atoms with Crippen LogP contribution in [0.15, 0.2) is 46.3 Å². The quantitative estimate of drug-likeness (QED) is 0.447. The van der Waals surface area contributed by atoms with Gasteiger partial charge in [0.15, 0.2) is 5.76 Å². The second-order valence-electron chi connectivity index (χ2n) is 13.9. The monoisotopic (exact) mass is 491 g/mol. The molecule has 0 radical (unpaired) electrons. The Morgan fingerprint density at radius 3 is 2.42 bits per heavy atom. The summed E-state index contributed by atoms with van der Waals surface area (Å²) in [5.41, 5.74) is 9.86. The molecule has 0 amide bonds. The fourth-order valence-corrected chi connectivity index (χ4v) is 9.27. The molecule has 0 bridgehead atoms. The number of ketones is 2. The van der Waals surface area contributed by atoms with Crippen LogP contribution >= 0.6 is 0 Å². The molecule has 0 heterocycles. The number of nitrogens with two attached hydrogens (primary N) is 1. The van der Waals surface area contributed by atoms with Gasteiger partial charge in [-0.2, -0.15) is 0 Å². The molecule has 0 aromatic carbocycles. The Balaban J connectivity index is 1.57. The van der Waals surface area contributed by atoms with Crippen LogP contribution in [0.5, 0.6) is 0 Å². The number of Topliss-reactive ketones (excluding diaryl/α,β-unsaturated/α-hetero) is 1. The fourth-order valence-electron chi connectivity index (χ4n) is 9.27. The van der Waals surface area contributed by atoms with Crippen LogP contribution in [0.2, 0.25) is 0 Å². The first-order chi connectivity index (χ1) is 16.8. The molecule has 5 aliphatic rings. The molecule has 5 rings (SSSR count). The molecular weight excluding hydrogens is 446 g/mol. The smallest absolute Gasteiger partial charge is 0.220 e. The first-order valence-electron chi connectivity index (χ1n) is 14.1. The summed E-state index contributed by atoms with van der Waals surface area (Å²) in [6, 6.07) is 0. The molecule has 0 aromatic heterocycles. The van der Waals surface area contributed by atoms with E-state index < -0.39 is 0 Å². The molecule has 196 valence electrons. The highest BCUT2D eigenvalue weighted by atomic mass is 16.3. The summed E-state index contributed by atoms with van der Waals surface area (Å²) >= 11 is 0. The minimum atomic E-state index is -0.268. The van der Waals surface area contributed by atoms with Crippen LogP contribution in [0, 0.1) is 33.0 Å². The van der Waals surface area contributed by atoms with Crippen molar-refractivity contribution < 1.29 is 14.7 Å². The molecule has 3 N–H and O–H groups in total. The van der Waals surface area contributed by atoms with Gasteiger partial charge in [-0.15, -0.1) is 0 Å². The Bertz CT molecular complexity index is 1160. The lowest BCUT2D eigenvalue weighted by atomic mass is 9.34. The van der Waals surface area contributed by atoms with Gasteiger partial charge in [0.05, 0.1) is 0 Å². The zero-order chi connectivity index (χ0) is 26.3.